The quantitative estimate of drug-likeness (QED) is 0.720. The second kappa shape index (κ2) is 8.91. The van der Waals surface area contributed by atoms with Crippen molar-refractivity contribution in [3.63, 3.8) is 0 Å². The molecule has 2 N–H and O–H groups in total. The summed E-state index contributed by atoms with van der Waals surface area (Å²) in [5.41, 5.74) is 2.72. The van der Waals surface area contributed by atoms with Crippen LogP contribution in [0.2, 0.25) is 0 Å². The van der Waals surface area contributed by atoms with E-state index in [4.69, 9.17) is 9.73 Å². The summed E-state index contributed by atoms with van der Waals surface area (Å²) in [7, 11) is 1.62. The van der Waals surface area contributed by atoms with Gasteiger partial charge in [0.1, 0.15) is 16.5 Å². The number of carbonyl (C=O) groups is 1. The van der Waals surface area contributed by atoms with Gasteiger partial charge in [0.15, 0.2) is 0 Å². The van der Waals surface area contributed by atoms with Crippen molar-refractivity contribution in [1.82, 2.24) is 0 Å². The van der Waals surface area contributed by atoms with Crippen LogP contribution in [0.5, 0.6) is 5.75 Å². The molecule has 0 radical (unpaired) electrons. The summed E-state index contributed by atoms with van der Waals surface area (Å²) < 4.78 is 5.22. The number of nitrogens with zero attached hydrogens (tertiary/aromatic N) is 1. The molecule has 1 aliphatic heterocycles. The number of hydrogen-bond donors (Lipinski definition) is 2. The number of para-hydroxylation sites is 1. The highest BCUT2D eigenvalue weighted by molar-refractivity contribution is 8.15. The van der Waals surface area contributed by atoms with Crippen molar-refractivity contribution in [1.29, 1.82) is 0 Å². The highest BCUT2D eigenvalue weighted by Gasteiger charge is 2.35. The molecule has 5 nitrogen and oxygen atoms in total. The number of hydrogen-bond acceptors (Lipinski definition) is 5. The van der Waals surface area contributed by atoms with E-state index in [9.17, 15) is 4.79 Å². The van der Waals surface area contributed by atoms with E-state index in [-0.39, 0.29) is 11.6 Å². The van der Waals surface area contributed by atoms with Gasteiger partial charge in [-0.15, -0.1) is 0 Å². The van der Waals surface area contributed by atoms with Crippen molar-refractivity contribution >= 4 is 34.1 Å². The summed E-state index contributed by atoms with van der Waals surface area (Å²) in [5.74, 6) is 1.000. The fourth-order valence-corrected chi connectivity index (χ4v) is 4.92. The highest BCUT2D eigenvalue weighted by atomic mass is 32.2. The molecule has 1 amide bonds. The smallest absolute Gasteiger partial charge is 0.234 e. The standard InChI is InChI=1S/C23H27N3O2S/c1-28-18-10-8-9-17(15-18)24-21(27)16-29-22-19-11-4-5-12-20(19)25-23(26-22)13-6-2-3-7-14-23/h4-5,8-12,15,25H,2-3,6-7,13-14,16H2,1H3,(H,24,27). The first-order valence-corrected chi connectivity index (χ1v) is 11.2. The van der Waals surface area contributed by atoms with Crippen molar-refractivity contribution < 1.29 is 9.53 Å². The Bertz CT molecular complexity index is 905. The molecule has 152 valence electrons. The third-order valence-electron chi connectivity index (χ3n) is 5.46. The monoisotopic (exact) mass is 409 g/mol. The molecule has 2 aromatic rings. The van der Waals surface area contributed by atoms with Gasteiger partial charge >= 0.3 is 0 Å². The molecule has 0 saturated heterocycles. The van der Waals surface area contributed by atoms with E-state index in [1.807, 2.05) is 30.3 Å². The molecule has 2 aliphatic rings. The number of anilines is 2. The van der Waals surface area contributed by atoms with E-state index >= 15 is 0 Å². The molecule has 6 heteroatoms. The second-order valence-corrected chi connectivity index (χ2v) is 8.57. The number of aliphatic imine (C=N–C) groups is 1. The van der Waals surface area contributed by atoms with Crippen molar-refractivity contribution in [2.24, 2.45) is 4.99 Å². The van der Waals surface area contributed by atoms with E-state index in [1.165, 1.54) is 37.4 Å². The fraction of sp³-hybridized carbons (Fsp3) is 0.391. The van der Waals surface area contributed by atoms with Gasteiger partial charge in [-0.05, 0) is 43.9 Å². The largest absolute Gasteiger partial charge is 0.497 e. The molecule has 1 spiro atoms. The summed E-state index contributed by atoms with van der Waals surface area (Å²) in [5, 5.41) is 7.62. The Kier molecular flexibility index (Phi) is 6.09. The number of benzene rings is 2. The van der Waals surface area contributed by atoms with Gasteiger partial charge in [-0.25, -0.2) is 4.99 Å². The SMILES string of the molecule is COc1cccc(NC(=O)CSC2=NC3(CCCCCC3)Nc3ccccc32)c1. The summed E-state index contributed by atoms with van der Waals surface area (Å²) in [6, 6.07) is 15.7. The molecule has 0 bridgehead atoms. The molecule has 1 aliphatic carbocycles. The lowest BCUT2D eigenvalue weighted by Crippen LogP contribution is -2.40. The number of nitrogens with one attached hydrogen (secondary N) is 2. The number of rotatable bonds is 4. The lowest BCUT2D eigenvalue weighted by Gasteiger charge is -2.36. The van der Waals surface area contributed by atoms with Crippen LogP contribution in [0.25, 0.3) is 0 Å². The maximum atomic E-state index is 12.5. The van der Waals surface area contributed by atoms with Crippen LogP contribution < -0.4 is 15.4 Å². The zero-order valence-corrected chi connectivity index (χ0v) is 17.6. The highest BCUT2D eigenvalue weighted by Crippen LogP contribution is 2.39. The van der Waals surface area contributed by atoms with Crippen molar-refractivity contribution in [3.8, 4) is 5.75 Å². The zero-order valence-electron chi connectivity index (χ0n) is 16.7. The van der Waals surface area contributed by atoms with Crippen molar-refractivity contribution in [2.75, 3.05) is 23.5 Å². The van der Waals surface area contributed by atoms with Gasteiger partial charge in [-0.1, -0.05) is 48.9 Å². The van der Waals surface area contributed by atoms with E-state index in [2.05, 4.69) is 28.8 Å². The Morgan fingerprint density at radius 2 is 1.93 bits per heavy atom. The number of fused-ring (bicyclic) bond motifs is 1. The van der Waals surface area contributed by atoms with Crippen LogP contribution in [-0.2, 0) is 4.79 Å². The Balaban J connectivity index is 1.49. The van der Waals surface area contributed by atoms with Crippen LogP contribution in [0.1, 0.15) is 44.1 Å². The lowest BCUT2D eigenvalue weighted by molar-refractivity contribution is -0.113. The predicted molar refractivity (Wildman–Crippen MR) is 121 cm³/mol. The first-order chi connectivity index (χ1) is 14.2. The van der Waals surface area contributed by atoms with Crippen LogP contribution in [0.4, 0.5) is 11.4 Å². The predicted octanol–water partition coefficient (Wildman–Crippen LogP) is 5.29. The van der Waals surface area contributed by atoms with Crippen molar-refractivity contribution in [3.05, 3.63) is 54.1 Å². The molecule has 4 rings (SSSR count). The maximum Gasteiger partial charge on any atom is 0.234 e. The minimum atomic E-state index is -0.226. The first-order valence-electron chi connectivity index (χ1n) is 10.2. The Morgan fingerprint density at radius 3 is 2.72 bits per heavy atom. The fourth-order valence-electron chi connectivity index (χ4n) is 4.00. The minimum absolute atomic E-state index is 0.0446. The van der Waals surface area contributed by atoms with E-state index < -0.39 is 0 Å². The van der Waals surface area contributed by atoms with Crippen LogP contribution in [0.15, 0.2) is 53.5 Å². The molecule has 0 atom stereocenters. The molecule has 29 heavy (non-hydrogen) atoms. The molecular weight excluding hydrogens is 382 g/mol. The molecular formula is C23H27N3O2S. The number of carbonyl (C=O) groups excluding carboxylic acids is 1. The normalized spacial score (nSPS) is 17.5. The summed E-state index contributed by atoms with van der Waals surface area (Å²) in [6.07, 6.45) is 7.00. The Hall–Kier alpha value is -2.47. The maximum absolute atomic E-state index is 12.5. The van der Waals surface area contributed by atoms with Gasteiger partial charge in [-0.3, -0.25) is 4.79 Å². The number of ether oxygens (including phenoxy) is 1. The minimum Gasteiger partial charge on any atom is -0.497 e. The summed E-state index contributed by atoms with van der Waals surface area (Å²) in [4.78, 5) is 17.7. The van der Waals surface area contributed by atoms with Crippen LogP contribution in [-0.4, -0.2) is 29.5 Å². The van der Waals surface area contributed by atoms with Gasteiger partial charge in [0.2, 0.25) is 5.91 Å². The topological polar surface area (TPSA) is 62.7 Å². The van der Waals surface area contributed by atoms with Gasteiger partial charge in [-0.2, -0.15) is 0 Å². The van der Waals surface area contributed by atoms with Gasteiger partial charge in [0, 0.05) is 23.0 Å². The van der Waals surface area contributed by atoms with Crippen molar-refractivity contribution in [2.45, 2.75) is 44.2 Å². The molecule has 0 unspecified atom stereocenters. The van der Waals surface area contributed by atoms with Crippen LogP contribution >= 0.6 is 11.8 Å². The van der Waals surface area contributed by atoms with Gasteiger partial charge in [0.25, 0.3) is 0 Å². The molecule has 1 fully saturated rings. The molecule has 2 aromatic carbocycles. The molecule has 0 aromatic heterocycles. The molecule has 1 heterocycles. The van der Waals surface area contributed by atoms with Gasteiger partial charge in [0.05, 0.1) is 12.9 Å². The Labute approximate surface area is 176 Å². The summed E-state index contributed by atoms with van der Waals surface area (Å²) >= 11 is 1.52. The first kappa shape index (κ1) is 19.8. The lowest BCUT2D eigenvalue weighted by atomic mass is 9.97. The number of amides is 1. The summed E-state index contributed by atoms with van der Waals surface area (Å²) in [6.45, 7) is 0. The number of thioether (sulfide) groups is 1. The van der Waals surface area contributed by atoms with E-state index in [1.54, 1.807) is 7.11 Å². The third kappa shape index (κ3) is 4.75. The van der Waals surface area contributed by atoms with E-state index in [0.29, 0.717) is 5.75 Å². The van der Waals surface area contributed by atoms with Gasteiger partial charge < -0.3 is 15.4 Å². The third-order valence-corrected chi connectivity index (χ3v) is 6.46. The van der Waals surface area contributed by atoms with Crippen LogP contribution in [0, 0.1) is 0 Å². The second-order valence-electron chi connectivity index (χ2n) is 7.60. The van der Waals surface area contributed by atoms with E-state index in [0.717, 1.165) is 40.6 Å². The average molecular weight is 410 g/mol. The van der Waals surface area contributed by atoms with Crippen LogP contribution in [0.3, 0.4) is 0 Å². The molecule has 1 saturated carbocycles. The zero-order chi connectivity index (χ0) is 20.1. The Morgan fingerprint density at radius 1 is 1.14 bits per heavy atom. The number of methoxy groups -OCH3 is 1. The average Bonchev–Trinajstić information content (AvgIpc) is 2.97.